The quantitative estimate of drug-likeness (QED) is 0.779. The molecule has 1 aromatic carbocycles. The number of nitrogens with one attached hydrogen (secondary N) is 2. The van der Waals surface area contributed by atoms with Gasteiger partial charge in [-0.2, -0.15) is 0 Å². The third-order valence-corrected chi connectivity index (χ3v) is 5.21. The molecule has 0 bridgehead atoms. The van der Waals surface area contributed by atoms with Gasteiger partial charge in [0.15, 0.2) is 0 Å². The van der Waals surface area contributed by atoms with Crippen LogP contribution in [-0.4, -0.2) is 41.9 Å². The van der Waals surface area contributed by atoms with Crippen molar-refractivity contribution < 1.29 is 13.2 Å². The number of carbonyl (C=O) groups is 1. The zero-order chi connectivity index (χ0) is 19.4. The first-order chi connectivity index (χ1) is 12.8. The Balaban J connectivity index is 1.62. The Hall–Kier alpha value is -2.42. The number of carbonyl (C=O) groups excluding carboxylic acids is 1. The van der Waals surface area contributed by atoms with Crippen LogP contribution in [-0.2, 0) is 29.4 Å². The largest absolute Gasteiger partial charge is 0.352 e. The number of sulfonamides is 1. The minimum atomic E-state index is -3.40. The van der Waals surface area contributed by atoms with Gasteiger partial charge in [-0.25, -0.2) is 8.42 Å². The number of fused-ring (bicyclic) bond motifs is 1. The molecule has 0 atom stereocenters. The number of benzene rings is 1. The highest BCUT2D eigenvalue weighted by Gasteiger charge is 2.15. The summed E-state index contributed by atoms with van der Waals surface area (Å²) in [6.45, 7) is 3.16. The predicted molar refractivity (Wildman–Crippen MR) is 103 cm³/mol. The average molecular weight is 391 g/mol. The van der Waals surface area contributed by atoms with E-state index < -0.39 is 10.0 Å². The van der Waals surface area contributed by atoms with Gasteiger partial charge in [0.1, 0.15) is 11.6 Å². The van der Waals surface area contributed by atoms with Gasteiger partial charge in [0, 0.05) is 31.5 Å². The Bertz CT molecular complexity index is 936. The Morgan fingerprint density at radius 2 is 2.04 bits per heavy atom. The summed E-state index contributed by atoms with van der Waals surface area (Å²) in [7, 11) is -3.40. The van der Waals surface area contributed by atoms with Crippen molar-refractivity contribution in [2.75, 3.05) is 17.5 Å². The number of amides is 1. The van der Waals surface area contributed by atoms with Gasteiger partial charge in [0.05, 0.1) is 11.9 Å². The van der Waals surface area contributed by atoms with E-state index in [4.69, 9.17) is 0 Å². The first-order valence-electron chi connectivity index (χ1n) is 9.11. The van der Waals surface area contributed by atoms with E-state index in [1.165, 1.54) is 6.42 Å². The molecular formula is C18H25N5O3S. The molecule has 2 N–H and O–H groups in total. The van der Waals surface area contributed by atoms with Crippen LogP contribution in [0, 0.1) is 6.92 Å². The summed E-state index contributed by atoms with van der Waals surface area (Å²) in [4.78, 5) is 12.4. The SMILES string of the molecule is Cc1ccc(C(=O)NCCc2nnc3n2CCCCC3)cc1NS(C)(=O)=O. The van der Waals surface area contributed by atoms with Gasteiger partial charge < -0.3 is 9.88 Å². The fourth-order valence-electron chi connectivity index (χ4n) is 3.19. The molecular weight excluding hydrogens is 366 g/mol. The number of rotatable bonds is 6. The molecule has 0 fully saturated rings. The number of hydrogen-bond donors (Lipinski definition) is 2. The molecule has 2 aromatic rings. The molecule has 0 aliphatic carbocycles. The molecule has 1 aliphatic rings. The zero-order valence-corrected chi connectivity index (χ0v) is 16.5. The number of nitrogens with zero attached hydrogens (tertiary/aromatic N) is 3. The van der Waals surface area contributed by atoms with Gasteiger partial charge >= 0.3 is 0 Å². The number of aryl methyl sites for hydroxylation is 2. The molecule has 146 valence electrons. The zero-order valence-electron chi connectivity index (χ0n) is 15.7. The van der Waals surface area contributed by atoms with Crippen LogP contribution in [0.25, 0.3) is 0 Å². The molecule has 27 heavy (non-hydrogen) atoms. The number of anilines is 1. The fraction of sp³-hybridized carbons (Fsp3) is 0.500. The van der Waals surface area contributed by atoms with Gasteiger partial charge in [-0.3, -0.25) is 9.52 Å². The maximum absolute atomic E-state index is 12.4. The molecule has 0 spiro atoms. The van der Waals surface area contributed by atoms with Crippen LogP contribution in [0.5, 0.6) is 0 Å². The van der Waals surface area contributed by atoms with Crippen LogP contribution in [0.3, 0.4) is 0 Å². The maximum atomic E-state index is 12.4. The third-order valence-electron chi connectivity index (χ3n) is 4.62. The first-order valence-corrected chi connectivity index (χ1v) is 11.0. The normalized spacial score (nSPS) is 14.3. The summed E-state index contributed by atoms with van der Waals surface area (Å²) in [6.07, 6.45) is 6.13. The van der Waals surface area contributed by atoms with Crippen LogP contribution in [0.2, 0.25) is 0 Å². The Morgan fingerprint density at radius 3 is 2.81 bits per heavy atom. The van der Waals surface area contributed by atoms with E-state index in [-0.39, 0.29) is 5.91 Å². The van der Waals surface area contributed by atoms with E-state index in [1.807, 2.05) is 0 Å². The van der Waals surface area contributed by atoms with Crippen LogP contribution in [0.1, 0.15) is 46.8 Å². The van der Waals surface area contributed by atoms with Crippen molar-refractivity contribution >= 4 is 21.6 Å². The molecule has 9 heteroatoms. The van der Waals surface area contributed by atoms with Crippen LogP contribution < -0.4 is 10.0 Å². The van der Waals surface area contributed by atoms with Crippen LogP contribution in [0.4, 0.5) is 5.69 Å². The van der Waals surface area contributed by atoms with Gasteiger partial charge in [-0.1, -0.05) is 12.5 Å². The molecule has 0 saturated heterocycles. The average Bonchev–Trinajstić information content (AvgIpc) is 2.83. The lowest BCUT2D eigenvalue weighted by Crippen LogP contribution is -2.26. The Morgan fingerprint density at radius 1 is 1.22 bits per heavy atom. The molecule has 2 heterocycles. The topological polar surface area (TPSA) is 106 Å². The van der Waals surface area contributed by atoms with Gasteiger partial charge in [0.25, 0.3) is 5.91 Å². The van der Waals surface area contributed by atoms with E-state index in [0.717, 1.165) is 49.3 Å². The number of hydrogen-bond acceptors (Lipinski definition) is 5. The molecule has 3 rings (SSSR count). The predicted octanol–water partition coefficient (Wildman–Crippen LogP) is 1.66. The monoisotopic (exact) mass is 391 g/mol. The fourth-order valence-corrected chi connectivity index (χ4v) is 3.81. The second-order valence-electron chi connectivity index (χ2n) is 6.90. The second kappa shape index (κ2) is 8.08. The van der Waals surface area contributed by atoms with Crippen molar-refractivity contribution in [3.8, 4) is 0 Å². The van der Waals surface area contributed by atoms with Crippen molar-refractivity contribution in [3.05, 3.63) is 41.0 Å². The molecule has 0 radical (unpaired) electrons. The van der Waals surface area contributed by atoms with E-state index in [1.54, 1.807) is 25.1 Å². The number of aromatic nitrogens is 3. The van der Waals surface area contributed by atoms with E-state index >= 15 is 0 Å². The smallest absolute Gasteiger partial charge is 0.251 e. The second-order valence-corrected chi connectivity index (χ2v) is 8.65. The standard InChI is InChI=1S/C18H25N5O3S/c1-13-7-8-14(12-15(13)22-27(2,25)26)18(24)19-10-9-17-21-20-16-6-4-3-5-11-23(16)17/h7-8,12,22H,3-6,9-11H2,1-2H3,(H,19,24). The van der Waals surface area contributed by atoms with Crippen LogP contribution >= 0.6 is 0 Å². The van der Waals surface area contributed by atoms with Gasteiger partial charge in [0.2, 0.25) is 10.0 Å². The summed E-state index contributed by atoms with van der Waals surface area (Å²) < 4.78 is 27.5. The lowest BCUT2D eigenvalue weighted by atomic mass is 10.1. The van der Waals surface area contributed by atoms with Crippen molar-refractivity contribution in [3.63, 3.8) is 0 Å². The molecule has 1 aliphatic heterocycles. The summed E-state index contributed by atoms with van der Waals surface area (Å²) in [6, 6.07) is 4.96. The van der Waals surface area contributed by atoms with Crippen LogP contribution in [0.15, 0.2) is 18.2 Å². The maximum Gasteiger partial charge on any atom is 0.251 e. The molecule has 0 saturated carbocycles. The first kappa shape index (κ1) is 19.3. The highest BCUT2D eigenvalue weighted by atomic mass is 32.2. The minimum absolute atomic E-state index is 0.248. The third kappa shape index (κ3) is 5.06. The molecule has 1 amide bonds. The van der Waals surface area contributed by atoms with E-state index in [0.29, 0.717) is 24.2 Å². The molecule has 1 aromatic heterocycles. The summed E-state index contributed by atoms with van der Waals surface area (Å²) in [5.74, 6) is 1.68. The van der Waals surface area contributed by atoms with Gasteiger partial charge in [-0.05, 0) is 37.5 Å². The Kier molecular flexibility index (Phi) is 5.79. The lowest BCUT2D eigenvalue weighted by Gasteiger charge is -2.11. The van der Waals surface area contributed by atoms with Crippen molar-refractivity contribution in [1.82, 2.24) is 20.1 Å². The highest BCUT2D eigenvalue weighted by molar-refractivity contribution is 7.92. The Labute approximate surface area is 159 Å². The highest BCUT2D eigenvalue weighted by Crippen LogP contribution is 2.18. The van der Waals surface area contributed by atoms with E-state index in [9.17, 15) is 13.2 Å². The van der Waals surface area contributed by atoms with Crippen molar-refractivity contribution in [2.45, 2.75) is 45.6 Å². The summed E-state index contributed by atoms with van der Waals surface area (Å²) in [5, 5.41) is 11.4. The summed E-state index contributed by atoms with van der Waals surface area (Å²) >= 11 is 0. The molecule has 0 unspecified atom stereocenters. The summed E-state index contributed by atoms with van der Waals surface area (Å²) in [5.41, 5.74) is 1.57. The van der Waals surface area contributed by atoms with Crippen molar-refractivity contribution in [1.29, 1.82) is 0 Å². The minimum Gasteiger partial charge on any atom is -0.352 e. The lowest BCUT2D eigenvalue weighted by molar-refractivity contribution is 0.0954. The van der Waals surface area contributed by atoms with E-state index in [2.05, 4.69) is 24.8 Å². The van der Waals surface area contributed by atoms with Gasteiger partial charge in [-0.15, -0.1) is 10.2 Å². The van der Waals surface area contributed by atoms with Crippen molar-refractivity contribution in [2.24, 2.45) is 0 Å². The molecule has 8 nitrogen and oxygen atoms in total.